The van der Waals surface area contributed by atoms with Gasteiger partial charge in [-0.25, -0.2) is 0 Å². The molecule has 1 heterocycles. The number of rotatable bonds is 4. The van der Waals surface area contributed by atoms with Crippen molar-refractivity contribution in [2.45, 2.75) is 6.61 Å². The van der Waals surface area contributed by atoms with E-state index in [0.29, 0.717) is 17.5 Å². The minimum absolute atomic E-state index is 0.317. The van der Waals surface area contributed by atoms with Crippen molar-refractivity contribution in [3.63, 3.8) is 0 Å². The summed E-state index contributed by atoms with van der Waals surface area (Å²) in [6.07, 6.45) is 1.52. The number of aromatic nitrogens is 2. The fourth-order valence-corrected chi connectivity index (χ4v) is 1.44. The summed E-state index contributed by atoms with van der Waals surface area (Å²) in [6, 6.07) is 9.27. The van der Waals surface area contributed by atoms with E-state index < -0.39 is 0 Å². The molecule has 0 bridgehead atoms. The van der Waals surface area contributed by atoms with Crippen LogP contribution in [0.15, 0.2) is 36.5 Å². The van der Waals surface area contributed by atoms with Crippen LogP contribution in [0.1, 0.15) is 5.56 Å². The second-order valence-corrected chi connectivity index (χ2v) is 3.74. The van der Waals surface area contributed by atoms with E-state index in [2.05, 4.69) is 10.2 Å². The molecule has 0 unspecified atom stereocenters. The van der Waals surface area contributed by atoms with E-state index >= 15 is 0 Å². The Kier molecular flexibility index (Phi) is 3.77. The monoisotopic (exact) mass is 250 g/mol. The van der Waals surface area contributed by atoms with Gasteiger partial charge in [0.25, 0.3) is 0 Å². The Morgan fingerprint density at radius 2 is 1.94 bits per heavy atom. The molecule has 0 saturated carbocycles. The van der Waals surface area contributed by atoms with E-state index in [9.17, 15) is 0 Å². The molecule has 0 spiro atoms. The van der Waals surface area contributed by atoms with Gasteiger partial charge in [-0.1, -0.05) is 23.7 Å². The number of hydrogen-bond donors (Lipinski definition) is 0. The minimum Gasteiger partial charge on any atom is -0.497 e. The van der Waals surface area contributed by atoms with Gasteiger partial charge in [-0.3, -0.25) is 0 Å². The molecular weight excluding hydrogens is 240 g/mol. The first kappa shape index (κ1) is 11.7. The zero-order valence-electron chi connectivity index (χ0n) is 9.26. The number of ether oxygens (including phenoxy) is 2. The van der Waals surface area contributed by atoms with Crippen LogP contribution in [-0.2, 0) is 6.61 Å². The van der Waals surface area contributed by atoms with Gasteiger partial charge >= 0.3 is 0 Å². The van der Waals surface area contributed by atoms with Gasteiger partial charge in [0.2, 0.25) is 0 Å². The second-order valence-electron chi connectivity index (χ2n) is 3.35. The highest BCUT2D eigenvalue weighted by molar-refractivity contribution is 6.29. The Labute approximate surface area is 104 Å². The fraction of sp³-hybridized carbons (Fsp3) is 0.167. The molecule has 88 valence electrons. The number of hydrogen-bond acceptors (Lipinski definition) is 4. The fourth-order valence-electron chi connectivity index (χ4n) is 1.29. The van der Waals surface area contributed by atoms with E-state index in [-0.39, 0.29) is 0 Å². The lowest BCUT2D eigenvalue weighted by molar-refractivity contribution is 0.304. The van der Waals surface area contributed by atoms with Crippen LogP contribution >= 0.6 is 11.6 Å². The van der Waals surface area contributed by atoms with Crippen molar-refractivity contribution in [2.24, 2.45) is 0 Å². The molecule has 2 rings (SSSR count). The Morgan fingerprint density at radius 3 is 2.59 bits per heavy atom. The number of benzene rings is 1. The smallest absolute Gasteiger partial charge is 0.155 e. The zero-order valence-corrected chi connectivity index (χ0v) is 10.0. The Balaban J connectivity index is 1.97. The van der Waals surface area contributed by atoms with Crippen LogP contribution in [0.25, 0.3) is 0 Å². The maximum Gasteiger partial charge on any atom is 0.155 e. The van der Waals surface area contributed by atoms with Gasteiger partial charge in [0.1, 0.15) is 18.1 Å². The Hall–Kier alpha value is -1.81. The van der Waals surface area contributed by atoms with Crippen molar-refractivity contribution in [1.82, 2.24) is 10.2 Å². The molecule has 1 aromatic carbocycles. The Morgan fingerprint density at radius 1 is 1.18 bits per heavy atom. The van der Waals surface area contributed by atoms with Crippen LogP contribution in [0.5, 0.6) is 11.5 Å². The lowest BCUT2D eigenvalue weighted by atomic mass is 10.2. The topological polar surface area (TPSA) is 44.2 Å². The minimum atomic E-state index is 0.317. The molecule has 0 aliphatic rings. The molecule has 1 aromatic heterocycles. The first-order chi connectivity index (χ1) is 8.28. The number of nitrogens with zero attached hydrogens (tertiary/aromatic N) is 2. The predicted octanol–water partition coefficient (Wildman–Crippen LogP) is 2.72. The summed E-state index contributed by atoms with van der Waals surface area (Å²) in [4.78, 5) is 0. The summed E-state index contributed by atoms with van der Waals surface area (Å²) in [5.41, 5.74) is 1.04. The molecule has 0 radical (unpaired) electrons. The SMILES string of the molecule is COc1ccc(COc2cnnc(Cl)c2)cc1. The summed E-state index contributed by atoms with van der Waals surface area (Å²) in [5.74, 6) is 1.42. The number of methoxy groups -OCH3 is 1. The normalized spacial score (nSPS) is 10.0. The molecular formula is C12H11ClN2O2. The zero-order chi connectivity index (χ0) is 12.1. The summed E-state index contributed by atoms with van der Waals surface area (Å²) >= 11 is 5.70. The second kappa shape index (κ2) is 5.50. The first-order valence-electron chi connectivity index (χ1n) is 5.02. The standard InChI is InChI=1S/C12H11ClN2O2/c1-16-10-4-2-9(3-5-10)8-17-11-6-12(13)15-14-7-11/h2-7H,8H2,1H3. The van der Waals surface area contributed by atoms with Gasteiger partial charge in [0.15, 0.2) is 5.15 Å². The quantitative estimate of drug-likeness (QED) is 0.837. The van der Waals surface area contributed by atoms with Crippen molar-refractivity contribution in [1.29, 1.82) is 0 Å². The molecule has 0 amide bonds. The molecule has 0 aliphatic carbocycles. The van der Waals surface area contributed by atoms with E-state index in [1.807, 2.05) is 24.3 Å². The third kappa shape index (κ3) is 3.32. The molecule has 0 N–H and O–H groups in total. The summed E-state index contributed by atoms with van der Waals surface area (Å²) in [7, 11) is 1.64. The van der Waals surface area contributed by atoms with Crippen molar-refractivity contribution < 1.29 is 9.47 Å². The molecule has 0 fully saturated rings. The third-order valence-corrected chi connectivity index (χ3v) is 2.35. The van der Waals surface area contributed by atoms with Crippen LogP contribution in [0.3, 0.4) is 0 Å². The van der Waals surface area contributed by atoms with Crippen LogP contribution in [0.4, 0.5) is 0 Å². The molecule has 17 heavy (non-hydrogen) atoms. The lowest BCUT2D eigenvalue weighted by Crippen LogP contribution is -1.96. The molecule has 4 nitrogen and oxygen atoms in total. The molecule has 0 saturated heterocycles. The highest BCUT2D eigenvalue weighted by Crippen LogP contribution is 2.16. The van der Waals surface area contributed by atoms with Crippen LogP contribution < -0.4 is 9.47 Å². The van der Waals surface area contributed by atoms with Crippen molar-refractivity contribution in [2.75, 3.05) is 7.11 Å². The first-order valence-corrected chi connectivity index (χ1v) is 5.39. The molecule has 0 atom stereocenters. The summed E-state index contributed by atoms with van der Waals surface area (Å²) in [6.45, 7) is 0.450. The van der Waals surface area contributed by atoms with Crippen LogP contribution in [0.2, 0.25) is 5.15 Å². The van der Waals surface area contributed by atoms with Crippen molar-refractivity contribution >= 4 is 11.6 Å². The van der Waals surface area contributed by atoms with Crippen LogP contribution in [-0.4, -0.2) is 17.3 Å². The van der Waals surface area contributed by atoms with E-state index in [1.54, 1.807) is 13.2 Å². The summed E-state index contributed by atoms with van der Waals surface area (Å²) in [5, 5.41) is 7.65. The highest BCUT2D eigenvalue weighted by atomic mass is 35.5. The van der Waals surface area contributed by atoms with Gasteiger partial charge < -0.3 is 9.47 Å². The van der Waals surface area contributed by atoms with Crippen molar-refractivity contribution in [3.8, 4) is 11.5 Å². The van der Waals surface area contributed by atoms with Gasteiger partial charge in [0, 0.05) is 6.07 Å². The average Bonchev–Trinajstić information content (AvgIpc) is 2.37. The average molecular weight is 251 g/mol. The number of halogens is 1. The predicted molar refractivity (Wildman–Crippen MR) is 64.4 cm³/mol. The molecule has 2 aromatic rings. The molecule has 0 aliphatic heterocycles. The maximum atomic E-state index is 5.70. The van der Waals surface area contributed by atoms with Gasteiger partial charge in [-0.05, 0) is 17.7 Å². The largest absolute Gasteiger partial charge is 0.497 e. The lowest BCUT2D eigenvalue weighted by Gasteiger charge is -2.06. The van der Waals surface area contributed by atoms with E-state index in [1.165, 1.54) is 6.20 Å². The molecule has 5 heteroatoms. The van der Waals surface area contributed by atoms with Crippen LogP contribution in [0, 0.1) is 0 Å². The maximum absolute atomic E-state index is 5.70. The van der Waals surface area contributed by atoms with Gasteiger partial charge in [-0.2, -0.15) is 5.10 Å². The van der Waals surface area contributed by atoms with E-state index in [0.717, 1.165) is 11.3 Å². The highest BCUT2D eigenvalue weighted by Gasteiger charge is 1.99. The Bertz CT molecular complexity index is 488. The third-order valence-electron chi connectivity index (χ3n) is 2.16. The van der Waals surface area contributed by atoms with Gasteiger partial charge in [-0.15, -0.1) is 5.10 Å². The van der Waals surface area contributed by atoms with Crippen molar-refractivity contribution in [3.05, 3.63) is 47.2 Å². The van der Waals surface area contributed by atoms with E-state index in [4.69, 9.17) is 21.1 Å². The van der Waals surface area contributed by atoms with Gasteiger partial charge in [0.05, 0.1) is 13.3 Å². The summed E-state index contributed by atoms with van der Waals surface area (Å²) < 4.78 is 10.6.